The predicted molar refractivity (Wildman–Crippen MR) is 69.4 cm³/mol. The molecule has 0 fully saturated rings. The maximum Gasteiger partial charge on any atom is 0.193 e. The van der Waals surface area contributed by atoms with E-state index in [-0.39, 0.29) is 11.1 Å². The van der Waals surface area contributed by atoms with Crippen molar-refractivity contribution in [3.63, 3.8) is 0 Å². The Morgan fingerprint density at radius 3 is 2.33 bits per heavy atom. The first kappa shape index (κ1) is 14.3. The summed E-state index contributed by atoms with van der Waals surface area (Å²) in [5.41, 5.74) is 10.3. The molecule has 88 valence electrons. The molecule has 0 saturated carbocycles. The van der Waals surface area contributed by atoms with Crippen molar-refractivity contribution in [1.29, 1.82) is 5.41 Å². The van der Waals surface area contributed by atoms with Gasteiger partial charge in [0.15, 0.2) is 11.1 Å². The Labute approximate surface area is 96.4 Å². The van der Waals surface area contributed by atoms with E-state index in [1.807, 2.05) is 0 Å². The molecular weight excluding hydrogens is 208 g/mol. The highest BCUT2D eigenvalue weighted by molar-refractivity contribution is 8.13. The van der Waals surface area contributed by atoms with Crippen LogP contribution in [-0.2, 0) is 0 Å². The van der Waals surface area contributed by atoms with E-state index in [1.165, 1.54) is 43.9 Å². The summed E-state index contributed by atoms with van der Waals surface area (Å²) in [4.78, 5) is 3.64. The Hall–Kier alpha value is -0.710. The lowest BCUT2D eigenvalue weighted by atomic mass is 10.1. The second kappa shape index (κ2) is 9.83. The van der Waals surface area contributed by atoms with E-state index in [4.69, 9.17) is 16.9 Å². The Morgan fingerprint density at radius 2 is 1.73 bits per heavy atom. The molecule has 15 heavy (non-hydrogen) atoms. The van der Waals surface area contributed by atoms with Crippen LogP contribution in [0, 0.1) is 5.41 Å². The average Bonchev–Trinajstić information content (AvgIpc) is 2.15. The zero-order valence-electron chi connectivity index (χ0n) is 9.46. The van der Waals surface area contributed by atoms with E-state index in [1.54, 1.807) is 0 Å². The zero-order valence-corrected chi connectivity index (χ0v) is 10.3. The number of hydrogen-bond acceptors (Lipinski definition) is 2. The summed E-state index contributed by atoms with van der Waals surface area (Å²) in [6.07, 6.45) is 7.61. The van der Waals surface area contributed by atoms with Crippen LogP contribution in [0.5, 0.6) is 0 Å². The van der Waals surface area contributed by atoms with Gasteiger partial charge in [0.1, 0.15) is 0 Å². The van der Waals surface area contributed by atoms with E-state index in [0.29, 0.717) is 0 Å². The van der Waals surface area contributed by atoms with Crippen LogP contribution >= 0.6 is 11.8 Å². The molecule has 0 aliphatic rings. The van der Waals surface area contributed by atoms with Gasteiger partial charge in [0, 0.05) is 5.75 Å². The molecule has 0 aromatic heterocycles. The molecule has 5 heteroatoms. The van der Waals surface area contributed by atoms with Crippen LogP contribution in [-0.4, -0.2) is 16.9 Å². The quantitative estimate of drug-likeness (QED) is 0.356. The average molecular weight is 230 g/mol. The fourth-order valence-electron chi connectivity index (χ4n) is 1.20. The molecule has 0 bridgehead atoms. The van der Waals surface area contributed by atoms with Crippen LogP contribution < -0.4 is 11.5 Å². The molecule has 0 spiro atoms. The van der Waals surface area contributed by atoms with E-state index in [2.05, 4.69) is 11.9 Å². The summed E-state index contributed by atoms with van der Waals surface area (Å²) in [5, 5.41) is 7.59. The van der Waals surface area contributed by atoms with Crippen molar-refractivity contribution in [2.75, 3.05) is 5.75 Å². The van der Waals surface area contributed by atoms with Crippen LogP contribution in [0.4, 0.5) is 0 Å². The molecule has 0 amide bonds. The first-order chi connectivity index (χ1) is 7.16. The molecule has 0 heterocycles. The van der Waals surface area contributed by atoms with Gasteiger partial charge in [-0.15, -0.1) is 0 Å². The Morgan fingerprint density at radius 1 is 1.13 bits per heavy atom. The standard InChI is InChI=1S/C10H22N4S/c1-2-3-4-5-6-7-8-15-10(13)14-9(11)12/h2-8H2,1H3,(H5,11,12,13,14). The first-order valence-electron chi connectivity index (χ1n) is 5.47. The highest BCUT2D eigenvalue weighted by Crippen LogP contribution is 2.10. The molecular formula is C10H22N4S. The lowest BCUT2D eigenvalue weighted by Gasteiger charge is -2.00. The maximum atomic E-state index is 7.38. The van der Waals surface area contributed by atoms with Crippen molar-refractivity contribution in [2.24, 2.45) is 16.5 Å². The van der Waals surface area contributed by atoms with Gasteiger partial charge in [0.2, 0.25) is 0 Å². The molecule has 0 atom stereocenters. The summed E-state index contributed by atoms with van der Waals surface area (Å²) < 4.78 is 0. The van der Waals surface area contributed by atoms with Crippen LogP contribution in [0.3, 0.4) is 0 Å². The Balaban J connectivity index is 3.24. The van der Waals surface area contributed by atoms with Gasteiger partial charge in [0.05, 0.1) is 0 Å². The molecule has 0 radical (unpaired) electrons. The molecule has 0 aromatic rings. The number of nitrogens with zero attached hydrogens (tertiary/aromatic N) is 1. The number of nitrogens with one attached hydrogen (secondary N) is 1. The van der Waals surface area contributed by atoms with Gasteiger partial charge in [-0.1, -0.05) is 50.8 Å². The number of amidine groups is 1. The number of guanidine groups is 1. The normalized spacial score (nSPS) is 9.93. The van der Waals surface area contributed by atoms with Crippen LogP contribution in [0.1, 0.15) is 45.4 Å². The van der Waals surface area contributed by atoms with Gasteiger partial charge in [-0.25, -0.2) is 0 Å². The minimum atomic E-state index is -0.0320. The van der Waals surface area contributed by atoms with Crippen molar-refractivity contribution in [2.45, 2.75) is 45.4 Å². The highest BCUT2D eigenvalue weighted by Gasteiger charge is 1.96. The summed E-state index contributed by atoms with van der Waals surface area (Å²) in [6.45, 7) is 2.21. The molecule has 4 nitrogen and oxygen atoms in total. The van der Waals surface area contributed by atoms with Gasteiger partial charge in [-0.3, -0.25) is 5.41 Å². The second-order valence-electron chi connectivity index (χ2n) is 3.46. The monoisotopic (exact) mass is 230 g/mol. The third-order valence-electron chi connectivity index (χ3n) is 1.97. The molecule has 0 saturated heterocycles. The van der Waals surface area contributed by atoms with Crippen molar-refractivity contribution in [3.8, 4) is 0 Å². The Kier molecular flexibility index (Phi) is 9.36. The van der Waals surface area contributed by atoms with Crippen LogP contribution in [0.2, 0.25) is 0 Å². The largest absolute Gasteiger partial charge is 0.370 e. The fourth-order valence-corrected chi connectivity index (χ4v) is 1.91. The molecule has 0 unspecified atom stereocenters. The van der Waals surface area contributed by atoms with E-state index in [9.17, 15) is 0 Å². The fraction of sp³-hybridized carbons (Fsp3) is 0.800. The summed E-state index contributed by atoms with van der Waals surface area (Å²) in [5.74, 6) is 0.900. The number of thioether (sulfide) groups is 1. The Bertz CT molecular complexity index is 200. The molecule has 0 aliphatic heterocycles. The van der Waals surface area contributed by atoms with E-state index >= 15 is 0 Å². The van der Waals surface area contributed by atoms with Crippen molar-refractivity contribution in [3.05, 3.63) is 0 Å². The minimum absolute atomic E-state index is 0.0320. The number of aliphatic imine (C=N–C) groups is 1. The smallest absolute Gasteiger partial charge is 0.193 e. The van der Waals surface area contributed by atoms with Crippen LogP contribution in [0.25, 0.3) is 0 Å². The third-order valence-corrected chi connectivity index (χ3v) is 2.82. The molecule has 0 aliphatic carbocycles. The summed E-state index contributed by atoms with van der Waals surface area (Å²) in [7, 11) is 0. The first-order valence-corrected chi connectivity index (χ1v) is 6.46. The third kappa shape index (κ3) is 11.2. The van der Waals surface area contributed by atoms with Gasteiger partial charge >= 0.3 is 0 Å². The number of unbranched alkanes of at least 4 members (excludes halogenated alkanes) is 5. The van der Waals surface area contributed by atoms with Crippen molar-refractivity contribution < 1.29 is 0 Å². The predicted octanol–water partition coefficient (Wildman–Crippen LogP) is 2.29. The lowest BCUT2D eigenvalue weighted by molar-refractivity contribution is 0.627. The minimum Gasteiger partial charge on any atom is -0.370 e. The van der Waals surface area contributed by atoms with Gasteiger partial charge < -0.3 is 11.5 Å². The number of rotatable bonds is 7. The molecule has 0 aromatic carbocycles. The second-order valence-corrected chi connectivity index (χ2v) is 4.54. The topological polar surface area (TPSA) is 88.2 Å². The molecule has 0 rings (SSSR count). The summed E-state index contributed by atoms with van der Waals surface area (Å²) in [6, 6.07) is 0. The van der Waals surface area contributed by atoms with Crippen molar-refractivity contribution >= 4 is 22.9 Å². The zero-order chi connectivity index (χ0) is 11.5. The van der Waals surface area contributed by atoms with Gasteiger partial charge in [-0.05, 0) is 6.42 Å². The summed E-state index contributed by atoms with van der Waals surface area (Å²) >= 11 is 1.40. The van der Waals surface area contributed by atoms with Crippen molar-refractivity contribution in [1.82, 2.24) is 0 Å². The number of nitrogens with two attached hydrogens (primary N) is 2. The van der Waals surface area contributed by atoms with E-state index < -0.39 is 0 Å². The van der Waals surface area contributed by atoms with Gasteiger partial charge in [0.25, 0.3) is 0 Å². The number of hydrogen-bond donors (Lipinski definition) is 3. The SMILES string of the molecule is CCCCCCCCSC(=N)N=C(N)N. The van der Waals surface area contributed by atoms with Crippen LogP contribution in [0.15, 0.2) is 4.99 Å². The molecule has 5 N–H and O–H groups in total. The highest BCUT2D eigenvalue weighted by atomic mass is 32.2. The van der Waals surface area contributed by atoms with Gasteiger partial charge in [-0.2, -0.15) is 4.99 Å². The lowest BCUT2D eigenvalue weighted by Crippen LogP contribution is -2.23. The van der Waals surface area contributed by atoms with E-state index in [0.717, 1.165) is 12.2 Å². The maximum absolute atomic E-state index is 7.38.